The summed E-state index contributed by atoms with van der Waals surface area (Å²) in [7, 11) is 1.76. The molecule has 0 atom stereocenters. The zero-order valence-electron chi connectivity index (χ0n) is 17.8. The average Bonchev–Trinajstić information content (AvgIpc) is 3.21. The fourth-order valence-electron chi connectivity index (χ4n) is 3.72. The molecule has 0 aliphatic rings. The molecule has 3 heteroatoms. The number of nitrogens with zero attached hydrogens (tertiary/aromatic N) is 2. The third-order valence-electron chi connectivity index (χ3n) is 5.31. The van der Waals surface area contributed by atoms with E-state index < -0.39 is 0 Å². The van der Waals surface area contributed by atoms with Crippen LogP contribution < -0.4 is 0 Å². The SMILES string of the molecule is C=Cc1oc2cccc(C(N=C(C)c3ccc(-c4ccccc4)cc3)=NC)c2c1C=C. The van der Waals surface area contributed by atoms with Gasteiger partial charge in [-0.05, 0) is 35.8 Å². The van der Waals surface area contributed by atoms with E-state index in [4.69, 9.17) is 9.41 Å². The van der Waals surface area contributed by atoms with Gasteiger partial charge in [0.05, 0.1) is 0 Å². The topological polar surface area (TPSA) is 37.9 Å². The van der Waals surface area contributed by atoms with Gasteiger partial charge in [-0.1, -0.05) is 86.0 Å². The van der Waals surface area contributed by atoms with E-state index in [2.05, 4.69) is 54.5 Å². The van der Waals surface area contributed by atoms with Gasteiger partial charge in [0, 0.05) is 29.3 Å². The average molecular weight is 405 g/mol. The first kappa shape index (κ1) is 20.3. The molecule has 0 spiro atoms. The first-order valence-electron chi connectivity index (χ1n) is 10.1. The molecule has 152 valence electrons. The predicted molar refractivity (Wildman–Crippen MR) is 133 cm³/mol. The van der Waals surface area contributed by atoms with Crippen LogP contribution in [0.25, 0.3) is 34.2 Å². The van der Waals surface area contributed by atoms with E-state index in [-0.39, 0.29) is 0 Å². The van der Waals surface area contributed by atoms with E-state index in [1.807, 2.05) is 43.3 Å². The highest BCUT2D eigenvalue weighted by atomic mass is 16.3. The van der Waals surface area contributed by atoms with Crippen molar-refractivity contribution in [1.29, 1.82) is 0 Å². The summed E-state index contributed by atoms with van der Waals surface area (Å²) in [6.45, 7) is 9.80. The van der Waals surface area contributed by atoms with Crippen molar-refractivity contribution >= 4 is 34.7 Å². The number of aliphatic imine (C=N–C) groups is 2. The van der Waals surface area contributed by atoms with Gasteiger partial charge in [-0.15, -0.1) is 0 Å². The summed E-state index contributed by atoms with van der Waals surface area (Å²) in [5, 5.41) is 0.948. The summed E-state index contributed by atoms with van der Waals surface area (Å²) >= 11 is 0. The van der Waals surface area contributed by atoms with Crippen LogP contribution >= 0.6 is 0 Å². The van der Waals surface area contributed by atoms with Gasteiger partial charge in [-0.25, -0.2) is 4.99 Å². The highest BCUT2D eigenvalue weighted by Crippen LogP contribution is 2.31. The van der Waals surface area contributed by atoms with Crippen molar-refractivity contribution in [2.45, 2.75) is 6.92 Å². The molecule has 3 aromatic carbocycles. The van der Waals surface area contributed by atoms with Crippen molar-refractivity contribution in [3.63, 3.8) is 0 Å². The number of furan rings is 1. The Kier molecular flexibility index (Phi) is 5.76. The van der Waals surface area contributed by atoms with Gasteiger partial charge >= 0.3 is 0 Å². The van der Waals surface area contributed by atoms with Crippen molar-refractivity contribution in [2.75, 3.05) is 7.05 Å². The molecule has 0 aliphatic carbocycles. The van der Waals surface area contributed by atoms with Crippen LogP contribution in [0.3, 0.4) is 0 Å². The Balaban J connectivity index is 1.73. The van der Waals surface area contributed by atoms with Crippen LogP contribution in [-0.2, 0) is 0 Å². The van der Waals surface area contributed by atoms with Crippen LogP contribution in [0.1, 0.15) is 29.4 Å². The monoisotopic (exact) mass is 404 g/mol. The third-order valence-corrected chi connectivity index (χ3v) is 5.31. The minimum Gasteiger partial charge on any atom is -0.456 e. The van der Waals surface area contributed by atoms with E-state index in [1.54, 1.807) is 19.2 Å². The summed E-state index contributed by atoms with van der Waals surface area (Å²) in [6.07, 6.45) is 3.49. The highest BCUT2D eigenvalue weighted by Gasteiger charge is 2.16. The number of amidine groups is 1. The first-order valence-corrected chi connectivity index (χ1v) is 10.1. The molecule has 4 rings (SSSR count). The molecule has 0 saturated heterocycles. The van der Waals surface area contributed by atoms with E-state index in [1.165, 1.54) is 11.1 Å². The molecule has 1 heterocycles. The number of rotatable bonds is 5. The quantitative estimate of drug-likeness (QED) is 0.254. The highest BCUT2D eigenvalue weighted by molar-refractivity contribution is 6.17. The fourth-order valence-corrected chi connectivity index (χ4v) is 3.72. The predicted octanol–water partition coefficient (Wildman–Crippen LogP) is 7.27. The van der Waals surface area contributed by atoms with Gasteiger partial charge in [0.25, 0.3) is 0 Å². The van der Waals surface area contributed by atoms with Crippen molar-refractivity contribution in [3.05, 3.63) is 108 Å². The Hall–Kier alpha value is -3.98. The molecule has 0 radical (unpaired) electrons. The van der Waals surface area contributed by atoms with Crippen molar-refractivity contribution in [2.24, 2.45) is 9.98 Å². The van der Waals surface area contributed by atoms with Gasteiger partial charge in [-0.3, -0.25) is 4.99 Å². The van der Waals surface area contributed by atoms with Crippen LogP contribution in [0.4, 0.5) is 0 Å². The fraction of sp³-hybridized carbons (Fsp3) is 0.0714. The lowest BCUT2D eigenvalue weighted by Crippen LogP contribution is -2.04. The standard InChI is InChI=1S/C28H24N2O/c1-5-23-25(6-2)31-26-14-10-13-24(27(23)26)28(29-4)30-19(3)20-15-17-22(18-16-20)21-11-8-7-9-12-21/h5-18H,1-2H2,3-4H3. The van der Waals surface area contributed by atoms with Crippen molar-refractivity contribution in [3.8, 4) is 11.1 Å². The van der Waals surface area contributed by atoms with Gasteiger partial charge in [0.1, 0.15) is 11.3 Å². The van der Waals surface area contributed by atoms with Crippen molar-refractivity contribution in [1.82, 2.24) is 0 Å². The summed E-state index contributed by atoms with van der Waals surface area (Å²) in [6, 6.07) is 24.7. The molecule has 0 saturated carbocycles. The molecule has 0 N–H and O–H groups in total. The molecule has 0 fully saturated rings. The zero-order valence-corrected chi connectivity index (χ0v) is 17.8. The molecule has 3 nitrogen and oxygen atoms in total. The van der Waals surface area contributed by atoms with E-state index in [0.717, 1.165) is 33.4 Å². The second-order valence-corrected chi connectivity index (χ2v) is 7.15. The van der Waals surface area contributed by atoms with Crippen LogP contribution in [0.5, 0.6) is 0 Å². The second kappa shape index (κ2) is 8.80. The third kappa shape index (κ3) is 3.90. The molecule has 0 aliphatic heterocycles. The van der Waals surface area contributed by atoms with Crippen LogP contribution in [0.2, 0.25) is 0 Å². The smallest absolute Gasteiger partial charge is 0.155 e. The lowest BCUT2D eigenvalue weighted by atomic mass is 10.0. The van der Waals surface area contributed by atoms with Gasteiger partial charge in [0.15, 0.2) is 5.84 Å². The molecule has 0 bridgehead atoms. The van der Waals surface area contributed by atoms with Gasteiger partial charge in [-0.2, -0.15) is 0 Å². The minimum atomic E-state index is 0.648. The minimum absolute atomic E-state index is 0.648. The molecular formula is C28H24N2O. The first-order chi connectivity index (χ1) is 15.2. The van der Waals surface area contributed by atoms with Crippen molar-refractivity contribution < 1.29 is 4.42 Å². The molecular weight excluding hydrogens is 380 g/mol. The normalized spacial score (nSPS) is 12.2. The van der Waals surface area contributed by atoms with Crippen LogP contribution in [0, 0.1) is 0 Å². The number of fused-ring (bicyclic) bond motifs is 1. The van der Waals surface area contributed by atoms with E-state index in [9.17, 15) is 0 Å². The lowest BCUT2D eigenvalue weighted by molar-refractivity contribution is 0.603. The maximum absolute atomic E-state index is 5.93. The Bertz CT molecular complexity index is 1310. The maximum atomic E-state index is 5.93. The summed E-state index contributed by atoms with van der Waals surface area (Å²) in [5.41, 5.74) is 6.90. The molecule has 1 aromatic heterocycles. The molecule has 0 unspecified atom stereocenters. The Morgan fingerprint density at radius 2 is 1.55 bits per heavy atom. The van der Waals surface area contributed by atoms with Crippen LogP contribution in [0.15, 0.2) is 100 Å². The molecule has 0 amide bonds. The van der Waals surface area contributed by atoms with Gasteiger partial charge in [0.2, 0.25) is 0 Å². The largest absolute Gasteiger partial charge is 0.456 e. The molecule has 4 aromatic rings. The van der Waals surface area contributed by atoms with E-state index >= 15 is 0 Å². The molecule has 31 heavy (non-hydrogen) atoms. The Morgan fingerprint density at radius 1 is 0.839 bits per heavy atom. The number of hydrogen-bond donors (Lipinski definition) is 0. The summed E-state index contributed by atoms with van der Waals surface area (Å²) < 4.78 is 5.93. The number of hydrogen-bond acceptors (Lipinski definition) is 2. The maximum Gasteiger partial charge on any atom is 0.155 e. The van der Waals surface area contributed by atoms with E-state index in [0.29, 0.717) is 11.6 Å². The second-order valence-electron chi connectivity index (χ2n) is 7.15. The lowest BCUT2D eigenvalue weighted by Gasteiger charge is -2.07. The van der Waals surface area contributed by atoms with Crippen LogP contribution in [-0.4, -0.2) is 18.6 Å². The summed E-state index contributed by atoms with van der Waals surface area (Å²) in [5.74, 6) is 1.35. The zero-order chi connectivity index (χ0) is 21.8. The Labute approximate surface area is 182 Å². The summed E-state index contributed by atoms with van der Waals surface area (Å²) in [4.78, 5) is 9.34. The number of benzene rings is 3. The van der Waals surface area contributed by atoms with Gasteiger partial charge < -0.3 is 4.42 Å². The Morgan fingerprint density at radius 3 is 2.19 bits per heavy atom.